The predicted octanol–water partition coefficient (Wildman–Crippen LogP) is 2.27. The highest BCUT2D eigenvalue weighted by atomic mass is 16.2. The number of hydrogen-bond acceptors (Lipinski definition) is 4. The first-order valence-corrected chi connectivity index (χ1v) is 9.08. The van der Waals surface area contributed by atoms with Crippen LogP contribution in [0.4, 0.5) is 0 Å². The second kappa shape index (κ2) is 6.86. The smallest absolute Gasteiger partial charge is 0.274 e. The molecule has 0 radical (unpaired) electrons. The van der Waals surface area contributed by atoms with E-state index in [0.29, 0.717) is 31.7 Å². The molecule has 2 saturated heterocycles. The Bertz CT molecular complexity index is 786. The zero-order valence-electron chi connectivity index (χ0n) is 14.7. The van der Waals surface area contributed by atoms with Crippen LogP contribution in [0.25, 0.3) is 0 Å². The highest BCUT2D eigenvalue weighted by Gasteiger charge is 2.47. The number of aromatic nitrogens is 2. The number of piperidine rings is 1. The normalized spacial score (nSPS) is 19.2. The van der Waals surface area contributed by atoms with Crippen molar-refractivity contribution in [3.8, 4) is 0 Å². The molecule has 134 valence electrons. The van der Waals surface area contributed by atoms with Gasteiger partial charge in [0.15, 0.2) is 0 Å². The zero-order chi connectivity index (χ0) is 18.0. The summed E-state index contributed by atoms with van der Waals surface area (Å²) in [4.78, 5) is 37.1. The van der Waals surface area contributed by atoms with Crippen LogP contribution >= 0.6 is 0 Å². The molecular formula is C20H22N4O2. The van der Waals surface area contributed by atoms with Crippen LogP contribution in [0.3, 0.4) is 0 Å². The van der Waals surface area contributed by atoms with E-state index in [4.69, 9.17) is 0 Å². The van der Waals surface area contributed by atoms with Crippen molar-refractivity contribution in [2.75, 3.05) is 13.1 Å². The maximum absolute atomic E-state index is 12.6. The number of amides is 2. The van der Waals surface area contributed by atoms with Crippen molar-refractivity contribution >= 4 is 11.8 Å². The van der Waals surface area contributed by atoms with Gasteiger partial charge in [-0.1, -0.05) is 30.3 Å². The van der Waals surface area contributed by atoms with Crippen LogP contribution in [0.5, 0.6) is 0 Å². The van der Waals surface area contributed by atoms with Crippen LogP contribution in [0.15, 0.2) is 48.9 Å². The van der Waals surface area contributed by atoms with E-state index < -0.39 is 0 Å². The Morgan fingerprint density at radius 3 is 2.54 bits per heavy atom. The Balaban J connectivity index is 1.46. The van der Waals surface area contributed by atoms with Gasteiger partial charge in [-0.05, 0) is 24.8 Å². The van der Waals surface area contributed by atoms with E-state index in [1.807, 2.05) is 28.0 Å². The van der Waals surface area contributed by atoms with Gasteiger partial charge in [0.05, 0.1) is 6.20 Å². The Morgan fingerprint density at radius 1 is 1.08 bits per heavy atom. The molecule has 4 rings (SSSR count). The van der Waals surface area contributed by atoms with Gasteiger partial charge in [0.2, 0.25) is 5.91 Å². The topological polar surface area (TPSA) is 66.4 Å². The van der Waals surface area contributed by atoms with Crippen LogP contribution in [0, 0.1) is 0 Å². The van der Waals surface area contributed by atoms with Gasteiger partial charge in [0, 0.05) is 44.0 Å². The third kappa shape index (κ3) is 3.07. The maximum atomic E-state index is 12.6. The van der Waals surface area contributed by atoms with Crippen molar-refractivity contribution in [3.63, 3.8) is 0 Å². The van der Waals surface area contributed by atoms with Crippen LogP contribution < -0.4 is 0 Å². The lowest BCUT2D eigenvalue weighted by atomic mass is 9.84. The molecule has 1 spiro atoms. The molecular weight excluding hydrogens is 328 g/mol. The third-order valence-corrected chi connectivity index (χ3v) is 5.63. The fourth-order valence-corrected chi connectivity index (χ4v) is 4.11. The summed E-state index contributed by atoms with van der Waals surface area (Å²) in [7, 11) is 0. The molecule has 0 bridgehead atoms. The number of carbonyl (C=O) groups is 2. The summed E-state index contributed by atoms with van der Waals surface area (Å²) >= 11 is 0. The fraction of sp³-hybridized carbons (Fsp3) is 0.400. The lowest BCUT2D eigenvalue weighted by molar-refractivity contribution is -0.133. The van der Waals surface area contributed by atoms with Crippen molar-refractivity contribution in [1.29, 1.82) is 0 Å². The molecule has 26 heavy (non-hydrogen) atoms. The molecule has 2 fully saturated rings. The van der Waals surface area contributed by atoms with Crippen LogP contribution in [-0.2, 0) is 11.3 Å². The summed E-state index contributed by atoms with van der Waals surface area (Å²) in [6.45, 7) is 1.94. The molecule has 2 aliphatic rings. The fourth-order valence-electron chi connectivity index (χ4n) is 4.11. The summed E-state index contributed by atoms with van der Waals surface area (Å²) < 4.78 is 0. The van der Waals surface area contributed by atoms with E-state index in [9.17, 15) is 9.59 Å². The lowest BCUT2D eigenvalue weighted by Crippen LogP contribution is -2.53. The largest absolute Gasteiger partial charge is 0.337 e. The Hall–Kier alpha value is -2.76. The number of nitrogens with zero attached hydrogens (tertiary/aromatic N) is 4. The van der Waals surface area contributed by atoms with Crippen molar-refractivity contribution in [2.45, 2.75) is 37.8 Å². The first-order chi connectivity index (χ1) is 12.7. The molecule has 1 aromatic carbocycles. The monoisotopic (exact) mass is 350 g/mol. The summed E-state index contributed by atoms with van der Waals surface area (Å²) in [5.74, 6) is 0.148. The van der Waals surface area contributed by atoms with Gasteiger partial charge < -0.3 is 9.80 Å². The minimum Gasteiger partial charge on any atom is -0.337 e. The second-order valence-corrected chi connectivity index (χ2v) is 7.07. The van der Waals surface area contributed by atoms with Crippen molar-refractivity contribution < 1.29 is 9.59 Å². The van der Waals surface area contributed by atoms with E-state index in [1.165, 1.54) is 12.4 Å². The van der Waals surface area contributed by atoms with Crippen LogP contribution in [0.2, 0.25) is 0 Å². The minimum absolute atomic E-state index is 0.0770. The first-order valence-electron chi connectivity index (χ1n) is 9.08. The van der Waals surface area contributed by atoms with E-state index in [-0.39, 0.29) is 17.4 Å². The molecule has 2 aromatic rings. The van der Waals surface area contributed by atoms with Crippen LogP contribution in [-0.4, -0.2) is 50.2 Å². The van der Waals surface area contributed by atoms with Crippen molar-refractivity contribution in [3.05, 3.63) is 60.2 Å². The van der Waals surface area contributed by atoms with Crippen LogP contribution in [0.1, 0.15) is 41.7 Å². The Kier molecular flexibility index (Phi) is 4.41. The molecule has 2 aliphatic heterocycles. The molecule has 3 heterocycles. The Labute approximate surface area is 152 Å². The molecule has 0 aliphatic carbocycles. The van der Waals surface area contributed by atoms with Crippen molar-refractivity contribution in [2.24, 2.45) is 0 Å². The van der Waals surface area contributed by atoms with Crippen molar-refractivity contribution in [1.82, 2.24) is 19.8 Å². The molecule has 0 unspecified atom stereocenters. The molecule has 6 nitrogen and oxygen atoms in total. The van der Waals surface area contributed by atoms with Gasteiger partial charge in [-0.25, -0.2) is 4.98 Å². The molecule has 0 N–H and O–H groups in total. The summed E-state index contributed by atoms with van der Waals surface area (Å²) in [6.07, 6.45) is 7.73. The molecule has 0 saturated carbocycles. The van der Waals surface area contributed by atoms with E-state index in [2.05, 4.69) is 22.1 Å². The first kappa shape index (κ1) is 16.7. The minimum atomic E-state index is -0.119. The van der Waals surface area contributed by atoms with Gasteiger partial charge >= 0.3 is 0 Å². The lowest BCUT2D eigenvalue weighted by Gasteiger charge is -2.45. The number of rotatable bonds is 3. The molecule has 6 heteroatoms. The maximum Gasteiger partial charge on any atom is 0.274 e. The molecule has 0 atom stereocenters. The number of likely N-dealkylation sites (tertiary alicyclic amines) is 2. The standard InChI is InChI=1S/C20H22N4O2/c25-18-6-7-20(24(18)15-16-4-2-1-3-5-16)8-12-23(13-9-20)19(26)17-14-21-10-11-22-17/h1-5,10-11,14H,6-9,12-13,15H2. The average molecular weight is 350 g/mol. The number of carbonyl (C=O) groups excluding carboxylic acids is 2. The highest BCUT2D eigenvalue weighted by Crippen LogP contribution is 2.40. The number of benzene rings is 1. The van der Waals surface area contributed by atoms with E-state index in [0.717, 1.165) is 24.8 Å². The van der Waals surface area contributed by atoms with Gasteiger partial charge in [-0.15, -0.1) is 0 Å². The third-order valence-electron chi connectivity index (χ3n) is 5.63. The highest BCUT2D eigenvalue weighted by molar-refractivity contribution is 5.92. The van der Waals surface area contributed by atoms with Gasteiger partial charge in [0.1, 0.15) is 5.69 Å². The zero-order valence-corrected chi connectivity index (χ0v) is 14.7. The number of hydrogen-bond donors (Lipinski definition) is 0. The second-order valence-electron chi connectivity index (χ2n) is 7.07. The summed E-state index contributed by atoms with van der Waals surface area (Å²) in [5.41, 5.74) is 1.42. The summed E-state index contributed by atoms with van der Waals surface area (Å²) in [5, 5.41) is 0. The van der Waals surface area contributed by atoms with E-state index in [1.54, 1.807) is 6.20 Å². The van der Waals surface area contributed by atoms with Gasteiger partial charge in [0.25, 0.3) is 5.91 Å². The quantitative estimate of drug-likeness (QED) is 0.852. The van der Waals surface area contributed by atoms with E-state index >= 15 is 0 Å². The van der Waals surface area contributed by atoms with Gasteiger partial charge in [-0.2, -0.15) is 0 Å². The SMILES string of the molecule is O=C(c1cnccn1)N1CCC2(CCC(=O)N2Cc2ccccc2)CC1. The molecule has 1 aromatic heterocycles. The summed E-state index contributed by atoms with van der Waals surface area (Å²) in [6, 6.07) is 10.1. The van der Waals surface area contributed by atoms with Gasteiger partial charge in [-0.3, -0.25) is 14.6 Å². The molecule has 2 amide bonds. The average Bonchev–Trinajstić information content (AvgIpc) is 2.99. The Morgan fingerprint density at radius 2 is 1.85 bits per heavy atom. The predicted molar refractivity (Wildman–Crippen MR) is 96.1 cm³/mol.